The lowest BCUT2D eigenvalue weighted by Crippen LogP contribution is -1.98. The molecular formula is C78H50N4. The van der Waals surface area contributed by atoms with Crippen LogP contribution in [0.4, 0.5) is 0 Å². The first-order valence-electron chi connectivity index (χ1n) is 28.2. The summed E-state index contributed by atoms with van der Waals surface area (Å²) < 4.78 is 9.91. The molecule has 0 atom stereocenters. The average molecular weight is 1040 g/mol. The van der Waals surface area contributed by atoms with Crippen LogP contribution in [0.1, 0.15) is 0 Å². The van der Waals surface area contributed by atoms with Crippen LogP contribution in [0.15, 0.2) is 303 Å². The maximum Gasteiger partial charge on any atom is 0.0788 e. The van der Waals surface area contributed by atoms with Gasteiger partial charge in [-0.1, -0.05) is 212 Å². The van der Waals surface area contributed by atoms with Crippen molar-refractivity contribution in [3.8, 4) is 67.3 Å². The minimum Gasteiger partial charge on any atom is -0.307 e. The number of hydrogen-bond acceptors (Lipinski definition) is 0. The molecule has 382 valence electrons. The van der Waals surface area contributed by atoms with Crippen LogP contribution in [0.5, 0.6) is 0 Å². The molecule has 0 radical (unpaired) electrons. The number of benzene rings is 13. The molecule has 4 aromatic heterocycles. The van der Waals surface area contributed by atoms with E-state index in [1.807, 2.05) is 0 Å². The molecule has 0 aliphatic heterocycles. The van der Waals surface area contributed by atoms with Crippen LogP contribution in [-0.4, -0.2) is 18.3 Å². The van der Waals surface area contributed by atoms with Gasteiger partial charge < -0.3 is 18.3 Å². The van der Waals surface area contributed by atoms with E-state index >= 15 is 0 Å². The number of nitrogens with zero attached hydrogens (tertiary/aromatic N) is 4. The van der Waals surface area contributed by atoms with Gasteiger partial charge in [-0.25, -0.2) is 0 Å². The van der Waals surface area contributed by atoms with Gasteiger partial charge in [0.2, 0.25) is 0 Å². The van der Waals surface area contributed by atoms with Gasteiger partial charge in [-0.3, -0.25) is 0 Å². The van der Waals surface area contributed by atoms with E-state index in [0.717, 1.165) is 33.9 Å². The Labute approximate surface area is 473 Å². The highest BCUT2D eigenvalue weighted by molar-refractivity contribution is 6.26. The van der Waals surface area contributed by atoms with E-state index in [4.69, 9.17) is 0 Å². The predicted molar refractivity (Wildman–Crippen MR) is 346 cm³/mol. The molecule has 0 bridgehead atoms. The summed E-state index contributed by atoms with van der Waals surface area (Å²) in [6.07, 6.45) is 0. The summed E-state index contributed by atoms with van der Waals surface area (Å²) in [5.41, 5.74) is 23.5. The number of hydrogen-bond donors (Lipinski definition) is 0. The zero-order valence-electron chi connectivity index (χ0n) is 44.7. The molecule has 0 aliphatic carbocycles. The Morgan fingerprint density at radius 1 is 0.146 bits per heavy atom. The predicted octanol–water partition coefficient (Wildman–Crippen LogP) is 20.7. The molecular weight excluding hydrogens is 993 g/mol. The lowest BCUT2D eigenvalue weighted by molar-refractivity contribution is 1.15. The van der Waals surface area contributed by atoms with Crippen molar-refractivity contribution in [2.45, 2.75) is 0 Å². The third kappa shape index (κ3) is 7.05. The quantitative estimate of drug-likeness (QED) is 0.145. The van der Waals surface area contributed by atoms with Crippen molar-refractivity contribution in [1.29, 1.82) is 0 Å². The van der Waals surface area contributed by atoms with Crippen molar-refractivity contribution in [2.24, 2.45) is 0 Å². The van der Waals surface area contributed by atoms with Crippen LogP contribution in [0.2, 0.25) is 0 Å². The second-order valence-corrected chi connectivity index (χ2v) is 21.6. The smallest absolute Gasteiger partial charge is 0.0788 e. The molecule has 82 heavy (non-hydrogen) atoms. The van der Waals surface area contributed by atoms with E-state index in [1.54, 1.807) is 0 Å². The maximum absolute atomic E-state index is 2.49. The Bertz CT molecular complexity index is 5000. The molecule has 0 saturated carbocycles. The van der Waals surface area contributed by atoms with Gasteiger partial charge in [0, 0.05) is 65.8 Å². The standard InChI is InChI=1S/C78H50N4/c1-5-18-51(19-6-1)57-36-46-73-69(49-57)67-44-42-65-63-28-13-15-30-71(63)79(59-24-9-3-10-25-59)75(65)77(67)81(73)61-38-32-53(33-39-61)55-22-17-23-56(48-55)54-34-40-62(41-35-54)82-74-47-37-58(52-20-7-2-8-21-52)50-70(74)68-45-43-66-64-29-14-16-31-72(64)80(76(66)78(68)82)60-26-11-4-12-27-60/h1-50H. The number of aromatic nitrogens is 4. The van der Waals surface area contributed by atoms with Crippen LogP contribution in [-0.2, 0) is 0 Å². The van der Waals surface area contributed by atoms with Gasteiger partial charge in [0.05, 0.1) is 44.1 Å². The summed E-state index contributed by atoms with van der Waals surface area (Å²) in [6, 6.07) is 111. The fourth-order valence-corrected chi connectivity index (χ4v) is 13.4. The minimum absolute atomic E-state index is 1.11. The third-order valence-corrected chi connectivity index (χ3v) is 17.1. The molecule has 0 N–H and O–H groups in total. The zero-order valence-corrected chi connectivity index (χ0v) is 44.7. The lowest BCUT2D eigenvalue weighted by atomic mass is 9.98. The second-order valence-electron chi connectivity index (χ2n) is 21.6. The largest absolute Gasteiger partial charge is 0.307 e. The van der Waals surface area contributed by atoms with Gasteiger partial charge >= 0.3 is 0 Å². The molecule has 0 aliphatic rings. The molecule has 0 fully saturated rings. The summed E-state index contributed by atoms with van der Waals surface area (Å²) in [7, 11) is 0. The van der Waals surface area contributed by atoms with Crippen LogP contribution < -0.4 is 0 Å². The summed E-state index contributed by atoms with van der Waals surface area (Å²) in [5.74, 6) is 0. The maximum atomic E-state index is 2.49. The van der Waals surface area contributed by atoms with Gasteiger partial charge in [0.1, 0.15) is 0 Å². The number of para-hydroxylation sites is 4. The van der Waals surface area contributed by atoms with Gasteiger partial charge in [0.15, 0.2) is 0 Å². The summed E-state index contributed by atoms with van der Waals surface area (Å²) in [6.45, 7) is 0. The molecule has 17 aromatic rings. The monoisotopic (exact) mass is 1040 g/mol. The van der Waals surface area contributed by atoms with Gasteiger partial charge in [0.25, 0.3) is 0 Å². The van der Waals surface area contributed by atoms with Crippen LogP contribution in [0.25, 0.3) is 154 Å². The Balaban J connectivity index is 0.792. The Kier molecular flexibility index (Phi) is 10.3. The van der Waals surface area contributed by atoms with Gasteiger partial charge in [-0.15, -0.1) is 0 Å². The molecule has 0 amide bonds. The molecule has 4 nitrogen and oxygen atoms in total. The van der Waals surface area contributed by atoms with E-state index in [0.29, 0.717) is 0 Å². The van der Waals surface area contributed by atoms with Gasteiger partial charge in [-0.2, -0.15) is 0 Å². The highest BCUT2D eigenvalue weighted by Crippen LogP contribution is 2.45. The highest BCUT2D eigenvalue weighted by Gasteiger charge is 2.24. The van der Waals surface area contributed by atoms with Crippen molar-refractivity contribution < 1.29 is 0 Å². The topological polar surface area (TPSA) is 19.7 Å². The first-order chi connectivity index (χ1) is 40.7. The second kappa shape index (κ2) is 18.3. The Hall–Kier alpha value is -10.9. The first-order valence-corrected chi connectivity index (χ1v) is 28.2. The summed E-state index contributed by atoms with van der Waals surface area (Å²) >= 11 is 0. The fraction of sp³-hybridized carbons (Fsp3) is 0. The Morgan fingerprint density at radius 3 is 0.805 bits per heavy atom. The van der Waals surface area contributed by atoms with E-state index < -0.39 is 0 Å². The molecule has 4 heterocycles. The van der Waals surface area contributed by atoms with E-state index in [2.05, 4.69) is 322 Å². The summed E-state index contributed by atoms with van der Waals surface area (Å²) in [4.78, 5) is 0. The molecule has 4 heteroatoms. The van der Waals surface area contributed by atoms with Crippen LogP contribution in [0.3, 0.4) is 0 Å². The van der Waals surface area contributed by atoms with E-state index in [1.165, 1.54) is 121 Å². The summed E-state index contributed by atoms with van der Waals surface area (Å²) in [5, 5.41) is 9.85. The van der Waals surface area contributed by atoms with Crippen molar-refractivity contribution >= 4 is 87.2 Å². The molecule has 0 unspecified atom stereocenters. The average Bonchev–Trinajstić information content (AvgIpc) is 4.19. The third-order valence-electron chi connectivity index (χ3n) is 17.1. The zero-order chi connectivity index (χ0) is 53.8. The van der Waals surface area contributed by atoms with Crippen molar-refractivity contribution in [2.75, 3.05) is 0 Å². The fourth-order valence-electron chi connectivity index (χ4n) is 13.4. The minimum atomic E-state index is 1.11. The Morgan fingerprint density at radius 2 is 0.415 bits per heavy atom. The molecule has 0 spiro atoms. The highest BCUT2D eigenvalue weighted by atomic mass is 15.1. The number of rotatable bonds is 8. The first kappa shape index (κ1) is 46.0. The molecule has 17 rings (SSSR count). The normalized spacial score (nSPS) is 11.9. The number of fused-ring (bicyclic) bond motifs is 14. The van der Waals surface area contributed by atoms with Gasteiger partial charge in [-0.05, 0) is 136 Å². The van der Waals surface area contributed by atoms with Crippen LogP contribution in [0, 0.1) is 0 Å². The van der Waals surface area contributed by atoms with Crippen molar-refractivity contribution in [3.05, 3.63) is 303 Å². The van der Waals surface area contributed by atoms with E-state index in [9.17, 15) is 0 Å². The van der Waals surface area contributed by atoms with Crippen LogP contribution >= 0.6 is 0 Å². The molecule has 13 aromatic carbocycles. The SMILES string of the molecule is c1ccc(-c2ccc3c(c2)c2ccc4c5ccccc5n(-c5ccccc5)c4c2n3-c2ccc(-c3cccc(-c4ccc(-n5c6ccc(-c7ccccc7)cc6c6ccc7c8ccccc8n(-c8ccccc8)c7c65)cc4)c3)cc2)cc1. The van der Waals surface area contributed by atoms with Crippen molar-refractivity contribution in [3.63, 3.8) is 0 Å². The van der Waals surface area contributed by atoms with E-state index in [-0.39, 0.29) is 0 Å². The lowest BCUT2D eigenvalue weighted by Gasteiger charge is -2.14. The van der Waals surface area contributed by atoms with Crippen molar-refractivity contribution in [1.82, 2.24) is 18.3 Å². The molecule has 0 saturated heterocycles.